The molecule has 0 radical (unpaired) electrons. The van der Waals surface area contributed by atoms with Crippen LogP contribution in [0.15, 0.2) is 18.2 Å². The van der Waals surface area contributed by atoms with E-state index in [1.165, 1.54) is 6.07 Å². The van der Waals surface area contributed by atoms with Crippen molar-refractivity contribution in [3.05, 3.63) is 34.3 Å². The number of likely N-dealkylation sites (tertiary alicyclic amines) is 1. The molecular formula is C17H22ClF3N2O. The summed E-state index contributed by atoms with van der Waals surface area (Å²) in [5.74, 6) is 0. The molecule has 1 spiro atoms. The minimum atomic E-state index is -4.43. The van der Waals surface area contributed by atoms with Gasteiger partial charge in [-0.1, -0.05) is 17.7 Å². The first-order chi connectivity index (χ1) is 11.3. The maximum Gasteiger partial charge on any atom is 0.417 e. The molecule has 1 atom stereocenters. The van der Waals surface area contributed by atoms with Crippen LogP contribution in [-0.2, 0) is 17.5 Å². The highest BCUT2D eigenvalue weighted by Crippen LogP contribution is 2.36. The van der Waals surface area contributed by atoms with E-state index in [2.05, 4.69) is 16.8 Å². The molecule has 2 aliphatic heterocycles. The molecule has 0 N–H and O–H groups in total. The van der Waals surface area contributed by atoms with E-state index in [0.29, 0.717) is 18.7 Å². The molecule has 0 bridgehead atoms. The van der Waals surface area contributed by atoms with E-state index in [-0.39, 0.29) is 10.6 Å². The topological polar surface area (TPSA) is 15.7 Å². The van der Waals surface area contributed by atoms with Crippen LogP contribution in [0.4, 0.5) is 13.2 Å². The summed E-state index contributed by atoms with van der Waals surface area (Å²) in [6.45, 7) is 4.62. The standard InChI is InChI=1S/C17H22ClF3N2O/c1-22-7-8-24-16(11-22)5-2-6-23(12-16)10-13-3-4-15(18)14(9-13)17(19,20)21/h3-4,9H,2,5-8,10-12H2,1H3. The van der Waals surface area contributed by atoms with Gasteiger partial charge in [0, 0.05) is 26.2 Å². The lowest BCUT2D eigenvalue weighted by atomic mass is 9.90. The molecule has 3 rings (SSSR count). The zero-order chi connectivity index (χ0) is 17.4. The minimum Gasteiger partial charge on any atom is -0.371 e. The number of piperidine rings is 1. The number of benzene rings is 1. The van der Waals surface area contributed by atoms with E-state index in [1.54, 1.807) is 6.07 Å². The van der Waals surface area contributed by atoms with Gasteiger partial charge in [0.05, 0.1) is 22.8 Å². The second-order valence-electron chi connectivity index (χ2n) is 6.90. The Kier molecular flexibility index (Phi) is 5.12. The monoisotopic (exact) mass is 362 g/mol. The zero-order valence-corrected chi connectivity index (χ0v) is 14.5. The number of rotatable bonds is 2. The fraction of sp³-hybridized carbons (Fsp3) is 0.647. The third-order valence-corrected chi connectivity index (χ3v) is 5.13. The largest absolute Gasteiger partial charge is 0.417 e. The normalized spacial score (nSPS) is 26.9. The first-order valence-electron chi connectivity index (χ1n) is 8.18. The molecule has 1 aromatic carbocycles. The van der Waals surface area contributed by atoms with Crippen LogP contribution in [0.2, 0.25) is 5.02 Å². The molecule has 0 aromatic heterocycles. The molecule has 2 saturated heterocycles. The number of morpholine rings is 1. The maximum absolute atomic E-state index is 13.0. The third kappa shape index (κ3) is 4.04. The van der Waals surface area contributed by atoms with Crippen molar-refractivity contribution in [3.63, 3.8) is 0 Å². The molecule has 1 unspecified atom stereocenters. The highest BCUT2D eigenvalue weighted by molar-refractivity contribution is 6.31. The second kappa shape index (κ2) is 6.83. The summed E-state index contributed by atoms with van der Waals surface area (Å²) in [6, 6.07) is 4.18. The minimum absolute atomic E-state index is 0.190. The Balaban J connectivity index is 1.72. The van der Waals surface area contributed by atoms with Gasteiger partial charge in [-0.25, -0.2) is 0 Å². The maximum atomic E-state index is 13.0. The summed E-state index contributed by atoms with van der Waals surface area (Å²) < 4.78 is 45.1. The molecule has 24 heavy (non-hydrogen) atoms. The first kappa shape index (κ1) is 18.0. The molecule has 134 valence electrons. The molecule has 1 aromatic rings. The van der Waals surface area contributed by atoms with Crippen LogP contribution in [0.5, 0.6) is 0 Å². The van der Waals surface area contributed by atoms with Crippen molar-refractivity contribution in [2.45, 2.75) is 31.2 Å². The van der Waals surface area contributed by atoms with E-state index in [1.807, 2.05) is 0 Å². The number of likely N-dealkylation sites (N-methyl/N-ethyl adjacent to an activating group) is 1. The molecule has 0 aliphatic carbocycles. The fourth-order valence-corrected chi connectivity index (χ4v) is 3.98. The molecule has 0 amide bonds. The SMILES string of the molecule is CN1CCOC2(CCCN(Cc3ccc(Cl)c(C(F)(F)F)c3)C2)C1. The van der Waals surface area contributed by atoms with Gasteiger partial charge in [0.25, 0.3) is 0 Å². The summed E-state index contributed by atoms with van der Waals surface area (Å²) in [6.07, 6.45) is -2.43. The average molecular weight is 363 g/mol. The number of halogens is 4. The van der Waals surface area contributed by atoms with Crippen LogP contribution in [0.25, 0.3) is 0 Å². The predicted molar refractivity (Wildman–Crippen MR) is 87.1 cm³/mol. The average Bonchev–Trinajstić information content (AvgIpc) is 2.48. The van der Waals surface area contributed by atoms with Crippen LogP contribution in [0, 0.1) is 0 Å². The quantitative estimate of drug-likeness (QED) is 0.798. The van der Waals surface area contributed by atoms with Gasteiger partial charge < -0.3 is 9.64 Å². The smallest absolute Gasteiger partial charge is 0.371 e. The number of ether oxygens (including phenoxy) is 1. The third-order valence-electron chi connectivity index (χ3n) is 4.80. The van der Waals surface area contributed by atoms with Crippen LogP contribution in [0.3, 0.4) is 0 Å². The van der Waals surface area contributed by atoms with E-state index in [9.17, 15) is 13.2 Å². The van der Waals surface area contributed by atoms with Gasteiger partial charge in [-0.3, -0.25) is 4.90 Å². The van der Waals surface area contributed by atoms with E-state index in [0.717, 1.165) is 45.1 Å². The molecule has 2 fully saturated rings. The van der Waals surface area contributed by atoms with Crippen molar-refractivity contribution in [2.24, 2.45) is 0 Å². The lowest BCUT2D eigenvalue weighted by Crippen LogP contribution is -2.58. The molecule has 0 saturated carbocycles. The van der Waals surface area contributed by atoms with Crippen LogP contribution in [0.1, 0.15) is 24.0 Å². The number of hydrogen-bond acceptors (Lipinski definition) is 3. The van der Waals surface area contributed by atoms with Gasteiger partial charge in [0.1, 0.15) is 0 Å². The Labute approximate surface area is 145 Å². The Morgan fingerprint density at radius 3 is 2.75 bits per heavy atom. The number of nitrogens with zero attached hydrogens (tertiary/aromatic N) is 2. The van der Waals surface area contributed by atoms with Crippen molar-refractivity contribution >= 4 is 11.6 Å². The van der Waals surface area contributed by atoms with E-state index >= 15 is 0 Å². The van der Waals surface area contributed by atoms with Crippen molar-refractivity contribution in [1.29, 1.82) is 0 Å². The van der Waals surface area contributed by atoms with Crippen molar-refractivity contribution < 1.29 is 17.9 Å². The number of hydrogen-bond donors (Lipinski definition) is 0. The van der Waals surface area contributed by atoms with Gasteiger partial charge >= 0.3 is 6.18 Å². The lowest BCUT2D eigenvalue weighted by Gasteiger charge is -2.47. The Hall–Kier alpha value is -0.820. The van der Waals surface area contributed by atoms with Gasteiger partial charge in [-0.2, -0.15) is 13.2 Å². The predicted octanol–water partition coefficient (Wildman–Crippen LogP) is 3.66. The van der Waals surface area contributed by atoms with Gasteiger partial charge in [-0.15, -0.1) is 0 Å². The molecule has 2 heterocycles. The van der Waals surface area contributed by atoms with Crippen LogP contribution in [-0.4, -0.2) is 55.2 Å². The van der Waals surface area contributed by atoms with Crippen molar-refractivity contribution in [1.82, 2.24) is 9.80 Å². The molecular weight excluding hydrogens is 341 g/mol. The summed E-state index contributed by atoms with van der Waals surface area (Å²) in [4.78, 5) is 4.45. The summed E-state index contributed by atoms with van der Waals surface area (Å²) in [7, 11) is 2.08. The van der Waals surface area contributed by atoms with E-state index in [4.69, 9.17) is 16.3 Å². The molecule has 2 aliphatic rings. The fourth-order valence-electron chi connectivity index (χ4n) is 3.75. The van der Waals surface area contributed by atoms with E-state index < -0.39 is 11.7 Å². The zero-order valence-electron chi connectivity index (χ0n) is 13.7. The Bertz CT molecular complexity index is 592. The highest BCUT2D eigenvalue weighted by Gasteiger charge is 2.39. The Morgan fingerprint density at radius 1 is 1.25 bits per heavy atom. The van der Waals surface area contributed by atoms with Crippen LogP contribution >= 0.6 is 11.6 Å². The van der Waals surface area contributed by atoms with Crippen molar-refractivity contribution in [2.75, 3.05) is 39.8 Å². The highest BCUT2D eigenvalue weighted by atomic mass is 35.5. The molecule has 7 heteroatoms. The summed E-state index contributed by atoms with van der Waals surface area (Å²) in [5.41, 5.74) is -0.320. The lowest BCUT2D eigenvalue weighted by molar-refractivity contribution is -0.138. The summed E-state index contributed by atoms with van der Waals surface area (Å²) in [5, 5.41) is -0.251. The molecule has 3 nitrogen and oxygen atoms in total. The van der Waals surface area contributed by atoms with Gasteiger partial charge in [0.2, 0.25) is 0 Å². The van der Waals surface area contributed by atoms with Crippen LogP contribution < -0.4 is 0 Å². The summed E-state index contributed by atoms with van der Waals surface area (Å²) >= 11 is 5.70. The van der Waals surface area contributed by atoms with Crippen molar-refractivity contribution in [3.8, 4) is 0 Å². The van der Waals surface area contributed by atoms with Gasteiger partial charge in [0.15, 0.2) is 0 Å². The number of alkyl halides is 3. The first-order valence-corrected chi connectivity index (χ1v) is 8.56. The Morgan fingerprint density at radius 2 is 2.04 bits per heavy atom. The van der Waals surface area contributed by atoms with Gasteiger partial charge in [-0.05, 0) is 44.1 Å². The second-order valence-corrected chi connectivity index (χ2v) is 7.30.